The van der Waals surface area contributed by atoms with E-state index < -0.39 is 47.0 Å². The lowest BCUT2D eigenvalue weighted by atomic mass is 9.97. The van der Waals surface area contributed by atoms with Gasteiger partial charge in [0.2, 0.25) is 5.91 Å². The Balaban J connectivity index is -0.000000675. The molecule has 3 unspecified atom stereocenters. The van der Waals surface area contributed by atoms with Gasteiger partial charge in [-0.3, -0.25) is 28.8 Å². The van der Waals surface area contributed by atoms with Gasteiger partial charge in [-0.25, -0.2) is 0 Å². The number of nitrogens with zero attached hydrogens (tertiary/aromatic N) is 4. The van der Waals surface area contributed by atoms with E-state index in [2.05, 4.69) is 22.1 Å². The second kappa shape index (κ2) is 28.1. The molecular formula is C33H55N7O10. The summed E-state index contributed by atoms with van der Waals surface area (Å²) in [4.78, 5) is 63.9. The Labute approximate surface area is 293 Å². The normalized spacial score (nSPS) is 14.6. The van der Waals surface area contributed by atoms with Gasteiger partial charge in [0.05, 0.1) is 12.1 Å². The molecule has 0 radical (unpaired) electrons. The number of hydrogen-bond donors (Lipinski definition) is 7. The maximum absolute atomic E-state index is 11.3. The Morgan fingerprint density at radius 2 is 1.20 bits per heavy atom. The number of allylic oxidation sites excluding steroid dienone is 1. The van der Waals surface area contributed by atoms with Gasteiger partial charge in [0.25, 0.3) is 0 Å². The van der Waals surface area contributed by atoms with Crippen LogP contribution in [-0.4, -0.2) is 85.7 Å². The third kappa shape index (κ3) is 28.3. The van der Waals surface area contributed by atoms with E-state index >= 15 is 0 Å². The number of hydrogen-bond acceptors (Lipinski definition) is 12. The molecule has 0 aromatic heterocycles. The Morgan fingerprint density at radius 3 is 1.54 bits per heavy atom. The number of carbonyl (C=O) groups is 6. The van der Waals surface area contributed by atoms with Crippen molar-refractivity contribution in [3.63, 3.8) is 0 Å². The van der Waals surface area contributed by atoms with Crippen molar-refractivity contribution < 1.29 is 49.2 Å². The summed E-state index contributed by atoms with van der Waals surface area (Å²) in [5, 5.41) is 62.5. The van der Waals surface area contributed by atoms with E-state index in [9.17, 15) is 28.8 Å². The number of amides is 1. The van der Waals surface area contributed by atoms with Crippen LogP contribution in [0.5, 0.6) is 0 Å². The van der Waals surface area contributed by atoms with Crippen LogP contribution >= 0.6 is 0 Å². The van der Waals surface area contributed by atoms with E-state index in [0.717, 1.165) is 32.1 Å². The molecule has 0 rings (SSSR count). The Bertz CT molecular complexity index is 1170. The van der Waals surface area contributed by atoms with Crippen molar-refractivity contribution in [1.29, 1.82) is 10.5 Å². The van der Waals surface area contributed by atoms with Crippen LogP contribution in [0, 0.1) is 28.6 Å². The number of aliphatic carboxylic acids is 4. The molecule has 0 fully saturated rings. The number of nitrogens with two attached hydrogens (primary N) is 2. The lowest BCUT2D eigenvalue weighted by Gasteiger charge is -2.18. The number of azo groups is 1. The minimum atomic E-state index is -1.35. The van der Waals surface area contributed by atoms with Gasteiger partial charge in [-0.1, -0.05) is 33.3 Å². The molecule has 0 spiro atoms. The third-order valence-electron chi connectivity index (χ3n) is 7.23. The first kappa shape index (κ1) is 49.6. The summed E-state index contributed by atoms with van der Waals surface area (Å²) in [6.07, 6.45) is 6.82. The number of unbranched alkanes of at least 4 members (excludes halogenated alkanes) is 3. The monoisotopic (exact) mass is 709 g/mol. The first-order chi connectivity index (χ1) is 23.2. The highest BCUT2D eigenvalue weighted by atomic mass is 16.4. The highest BCUT2D eigenvalue weighted by Gasteiger charge is 2.29. The van der Waals surface area contributed by atoms with E-state index in [4.69, 9.17) is 42.4 Å². The first-order valence-corrected chi connectivity index (χ1v) is 16.3. The van der Waals surface area contributed by atoms with Crippen LogP contribution < -0.4 is 16.8 Å². The predicted molar refractivity (Wildman–Crippen MR) is 182 cm³/mol. The Morgan fingerprint density at radius 1 is 0.780 bits per heavy atom. The molecule has 0 aromatic rings. The molecule has 282 valence electrons. The molecule has 0 aliphatic heterocycles. The molecule has 9 N–H and O–H groups in total. The molecule has 17 nitrogen and oxygen atoms in total. The fourth-order valence-electron chi connectivity index (χ4n) is 3.43. The van der Waals surface area contributed by atoms with Crippen molar-refractivity contribution in [3.05, 3.63) is 12.7 Å². The minimum Gasteiger partial charge on any atom is -0.481 e. The van der Waals surface area contributed by atoms with Crippen LogP contribution in [0.15, 0.2) is 22.9 Å². The summed E-state index contributed by atoms with van der Waals surface area (Å²) in [5.74, 6) is -3.92. The summed E-state index contributed by atoms with van der Waals surface area (Å²) in [5.41, 5.74) is 7.95. The third-order valence-corrected chi connectivity index (χ3v) is 7.23. The Hall–Kier alpha value is -4.74. The summed E-state index contributed by atoms with van der Waals surface area (Å²) in [6, 6.07) is 2.13. The summed E-state index contributed by atoms with van der Waals surface area (Å²) < 4.78 is 0. The quantitative estimate of drug-likeness (QED) is 0.0428. The maximum atomic E-state index is 11.3. The summed E-state index contributed by atoms with van der Waals surface area (Å²) in [6.45, 7) is 10.6. The van der Waals surface area contributed by atoms with E-state index in [1.54, 1.807) is 0 Å². The second-order valence-electron chi connectivity index (χ2n) is 12.0. The molecule has 0 saturated carbocycles. The van der Waals surface area contributed by atoms with Crippen molar-refractivity contribution in [3.8, 4) is 12.1 Å². The lowest BCUT2D eigenvalue weighted by molar-refractivity contribution is -0.139. The molecule has 0 heterocycles. The van der Waals surface area contributed by atoms with Crippen molar-refractivity contribution in [2.24, 2.45) is 27.6 Å². The number of rotatable bonds is 24. The largest absolute Gasteiger partial charge is 0.481 e. The zero-order valence-corrected chi connectivity index (χ0v) is 29.6. The number of nitrogens with one attached hydrogen (secondary N) is 1. The van der Waals surface area contributed by atoms with Crippen LogP contribution in [0.25, 0.3) is 0 Å². The highest BCUT2D eigenvalue weighted by Crippen LogP contribution is 2.23. The highest BCUT2D eigenvalue weighted by molar-refractivity contribution is 5.88. The Kier molecular flexibility index (Phi) is 27.9. The smallest absolute Gasteiger partial charge is 0.320 e. The molecule has 5 atom stereocenters. The van der Waals surface area contributed by atoms with Gasteiger partial charge in [-0.05, 0) is 71.3 Å². The first-order valence-electron chi connectivity index (χ1n) is 16.3. The SMILES string of the molecule is C=CC(=O)CCCCC[C@H](N)C(=O)O.CC(C#N)(CCC(=O)O)N=NC(C)(C#N)CCC(=O)O.CCC(C)C(=O)NCCCC[C@H](N)C(=O)O. The predicted octanol–water partition coefficient (Wildman–Crippen LogP) is 3.57. The van der Waals surface area contributed by atoms with Crippen LogP contribution in [0.2, 0.25) is 0 Å². The zero-order chi connectivity index (χ0) is 39.3. The van der Waals surface area contributed by atoms with E-state index in [-0.39, 0.29) is 43.3 Å². The van der Waals surface area contributed by atoms with Crippen LogP contribution in [0.4, 0.5) is 0 Å². The van der Waals surface area contributed by atoms with Crippen molar-refractivity contribution in [2.45, 2.75) is 134 Å². The number of carboxylic acids is 4. The molecule has 0 aromatic carbocycles. The number of ketones is 1. The van der Waals surface area contributed by atoms with Crippen molar-refractivity contribution >= 4 is 35.6 Å². The van der Waals surface area contributed by atoms with Gasteiger partial charge in [-0.15, -0.1) is 0 Å². The standard InChI is InChI=1S/C12H16N4O4.C11H22N2O3.C10H17NO3/c1-11(7-13,5-3-9(17)18)15-16-12(2,8-14)6-4-10(19)20;1-3-8(2)10(14)13-7-5-4-6-9(12)11(15)16;1-2-8(12)6-4-3-5-7-9(11)10(13)14/h3-6H2,1-2H3,(H,17,18)(H,19,20);8-9H,3-7,12H2,1-2H3,(H,13,14)(H,15,16);2,9H,1,3-7,11H2,(H,13,14)/t;8?,9-;9-/m.00/s1. The topological polar surface area (TPSA) is 320 Å². The van der Waals surface area contributed by atoms with Crippen molar-refractivity contribution in [1.82, 2.24) is 5.32 Å². The van der Waals surface area contributed by atoms with Gasteiger partial charge >= 0.3 is 23.9 Å². The van der Waals surface area contributed by atoms with Crippen molar-refractivity contribution in [2.75, 3.05) is 6.54 Å². The molecule has 0 aliphatic rings. The zero-order valence-electron chi connectivity index (χ0n) is 29.6. The van der Waals surface area contributed by atoms with E-state index in [0.29, 0.717) is 32.2 Å². The van der Waals surface area contributed by atoms with Gasteiger partial charge < -0.3 is 37.2 Å². The molecule has 50 heavy (non-hydrogen) atoms. The molecule has 1 amide bonds. The number of nitriles is 2. The number of carbonyl (C=O) groups excluding carboxylic acids is 2. The van der Waals surface area contributed by atoms with Crippen LogP contribution in [0.1, 0.15) is 111 Å². The van der Waals surface area contributed by atoms with Gasteiger partial charge in [0.15, 0.2) is 16.9 Å². The second-order valence-corrected chi connectivity index (χ2v) is 12.0. The van der Waals surface area contributed by atoms with Crippen LogP contribution in [0.3, 0.4) is 0 Å². The van der Waals surface area contributed by atoms with E-state index in [1.165, 1.54) is 19.9 Å². The lowest BCUT2D eigenvalue weighted by Crippen LogP contribution is -2.31. The average Bonchev–Trinajstić information content (AvgIpc) is 3.08. The molecule has 0 bridgehead atoms. The summed E-state index contributed by atoms with van der Waals surface area (Å²) in [7, 11) is 0. The fourth-order valence-corrected chi connectivity index (χ4v) is 3.43. The molecular weight excluding hydrogens is 654 g/mol. The molecule has 17 heteroatoms. The maximum Gasteiger partial charge on any atom is 0.320 e. The van der Waals surface area contributed by atoms with E-state index in [1.807, 2.05) is 26.0 Å². The number of carboxylic acid groups (broad SMARTS) is 4. The van der Waals surface area contributed by atoms with Gasteiger partial charge in [0, 0.05) is 31.7 Å². The van der Waals surface area contributed by atoms with Gasteiger partial charge in [0.1, 0.15) is 12.1 Å². The average molecular weight is 710 g/mol. The fraction of sp³-hybridized carbons (Fsp3) is 0.697. The molecule has 0 aliphatic carbocycles. The molecule has 0 saturated heterocycles. The van der Waals surface area contributed by atoms with Crippen LogP contribution in [-0.2, 0) is 28.8 Å². The minimum absolute atomic E-state index is 0.0348. The summed E-state index contributed by atoms with van der Waals surface area (Å²) >= 11 is 0. The van der Waals surface area contributed by atoms with Gasteiger partial charge in [-0.2, -0.15) is 20.8 Å².